The average molecular weight is 587 g/mol. The Bertz CT molecular complexity index is 1390. The second kappa shape index (κ2) is 11.2. The van der Waals surface area contributed by atoms with Gasteiger partial charge in [-0.2, -0.15) is 9.97 Å². The minimum atomic E-state index is 0.0421. The molecule has 6 rings (SSSR count). The van der Waals surface area contributed by atoms with E-state index in [0.717, 1.165) is 48.4 Å². The van der Waals surface area contributed by atoms with Gasteiger partial charge >= 0.3 is 0 Å². The van der Waals surface area contributed by atoms with Crippen LogP contribution in [0, 0.1) is 0 Å². The maximum absolute atomic E-state index is 6.46. The zero-order chi connectivity index (χ0) is 27.1. The minimum absolute atomic E-state index is 0.0421. The zero-order valence-corrected chi connectivity index (χ0v) is 24.1. The van der Waals surface area contributed by atoms with E-state index in [1.807, 2.05) is 24.3 Å². The molecule has 2 aromatic heterocycles. The largest absolute Gasteiger partial charge is 0.376 e. The number of benzene rings is 2. The highest BCUT2D eigenvalue weighted by Gasteiger charge is 2.37. The Balaban J connectivity index is 1.31. The molecule has 11 heteroatoms. The Labute approximate surface area is 242 Å². The Morgan fingerprint density at radius 1 is 0.897 bits per heavy atom. The molecule has 0 spiro atoms. The molecule has 0 saturated carbocycles. The van der Waals surface area contributed by atoms with Crippen LogP contribution >= 0.6 is 34.8 Å². The second-order valence-electron chi connectivity index (χ2n) is 10.4. The van der Waals surface area contributed by atoms with E-state index >= 15 is 0 Å². The number of nitrogens with zero attached hydrogens (tertiary/aromatic N) is 7. The van der Waals surface area contributed by atoms with E-state index in [2.05, 4.69) is 68.2 Å². The first-order valence-electron chi connectivity index (χ1n) is 13.3. The summed E-state index contributed by atoms with van der Waals surface area (Å²) >= 11 is 18.9. The monoisotopic (exact) mass is 585 g/mol. The summed E-state index contributed by atoms with van der Waals surface area (Å²) in [5.41, 5.74) is 3.66. The molecule has 0 aliphatic carbocycles. The number of anilines is 1. The number of hydrogen-bond acceptors (Lipinski definition) is 7. The molecule has 0 amide bonds. The highest BCUT2D eigenvalue weighted by molar-refractivity contribution is 6.30. The lowest BCUT2D eigenvalue weighted by molar-refractivity contribution is 0.0944. The van der Waals surface area contributed by atoms with Crippen molar-refractivity contribution in [1.82, 2.24) is 29.9 Å². The van der Waals surface area contributed by atoms with Gasteiger partial charge in [-0.15, -0.1) is 5.10 Å². The average Bonchev–Trinajstić information content (AvgIpc) is 3.58. The van der Waals surface area contributed by atoms with Crippen molar-refractivity contribution in [2.24, 2.45) is 0 Å². The third kappa shape index (κ3) is 5.45. The lowest BCUT2D eigenvalue weighted by Crippen LogP contribution is -2.57. The van der Waals surface area contributed by atoms with Gasteiger partial charge in [0.1, 0.15) is 0 Å². The summed E-state index contributed by atoms with van der Waals surface area (Å²) in [7, 11) is 0. The third-order valence-corrected chi connectivity index (χ3v) is 8.40. The number of ether oxygens (including phenoxy) is 1. The van der Waals surface area contributed by atoms with Gasteiger partial charge in [0.15, 0.2) is 17.0 Å². The summed E-state index contributed by atoms with van der Waals surface area (Å²) in [6, 6.07) is 16.6. The van der Waals surface area contributed by atoms with Gasteiger partial charge in [-0.05, 0) is 73.7 Å². The standard InChI is InChI=1S/C28H30Cl3N7O/c1-17-15-37(26-24-27(33-28(31)32-26)38(35-34-24)16-23-4-3-13-39-23)18(2)14-36(17)25(19-5-9-21(29)10-6-19)20-7-11-22(30)12-8-20/h5-12,17-18,23,25H,3-4,13-16H2,1-2H3/t17-,18+,23?/m1/s1. The molecule has 2 saturated heterocycles. The Morgan fingerprint density at radius 2 is 1.56 bits per heavy atom. The molecular weight excluding hydrogens is 557 g/mol. The maximum Gasteiger partial charge on any atom is 0.226 e. The molecule has 0 radical (unpaired) electrons. The van der Waals surface area contributed by atoms with Crippen molar-refractivity contribution in [3.8, 4) is 0 Å². The molecule has 1 unspecified atom stereocenters. The molecule has 2 aliphatic rings. The molecule has 4 heterocycles. The Hall–Kier alpha value is -2.49. The van der Waals surface area contributed by atoms with Gasteiger partial charge in [0.2, 0.25) is 5.28 Å². The van der Waals surface area contributed by atoms with Crippen LogP contribution in [-0.2, 0) is 11.3 Å². The normalized spacial score (nSPS) is 22.3. The van der Waals surface area contributed by atoms with Crippen molar-refractivity contribution < 1.29 is 4.74 Å². The summed E-state index contributed by atoms with van der Waals surface area (Å²) in [4.78, 5) is 13.9. The van der Waals surface area contributed by atoms with E-state index in [4.69, 9.17) is 39.5 Å². The van der Waals surface area contributed by atoms with E-state index in [1.165, 1.54) is 11.1 Å². The van der Waals surface area contributed by atoms with Crippen molar-refractivity contribution in [2.45, 2.75) is 57.5 Å². The molecule has 2 aromatic carbocycles. The number of piperazine rings is 1. The summed E-state index contributed by atoms with van der Waals surface area (Å²) in [6.07, 6.45) is 2.18. The number of hydrogen-bond donors (Lipinski definition) is 0. The van der Waals surface area contributed by atoms with Crippen molar-refractivity contribution in [3.63, 3.8) is 0 Å². The lowest BCUT2D eigenvalue weighted by Gasteiger charge is -2.48. The lowest BCUT2D eigenvalue weighted by atomic mass is 9.93. The first-order valence-corrected chi connectivity index (χ1v) is 14.4. The van der Waals surface area contributed by atoms with Crippen LogP contribution in [0.3, 0.4) is 0 Å². The zero-order valence-electron chi connectivity index (χ0n) is 21.8. The fraction of sp³-hybridized carbons (Fsp3) is 0.429. The van der Waals surface area contributed by atoms with Crippen LogP contribution in [0.2, 0.25) is 15.3 Å². The predicted molar refractivity (Wildman–Crippen MR) is 155 cm³/mol. The van der Waals surface area contributed by atoms with Gasteiger partial charge in [0, 0.05) is 41.8 Å². The fourth-order valence-electron chi connectivity index (χ4n) is 5.79. The number of halogens is 3. The topological polar surface area (TPSA) is 72.2 Å². The van der Waals surface area contributed by atoms with Crippen molar-refractivity contribution >= 4 is 51.8 Å². The molecule has 0 N–H and O–H groups in total. The SMILES string of the molecule is C[C@@H]1CN(c2nc(Cl)nc3c2nnn3CC2CCCO2)[C@@H](C)CN1C(c1ccc(Cl)cc1)c1ccc(Cl)cc1. The molecule has 2 aliphatic heterocycles. The molecule has 2 fully saturated rings. The highest BCUT2D eigenvalue weighted by Crippen LogP contribution is 2.36. The van der Waals surface area contributed by atoms with E-state index < -0.39 is 0 Å². The molecule has 204 valence electrons. The van der Waals surface area contributed by atoms with Crippen molar-refractivity contribution in [3.05, 3.63) is 75.0 Å². The summed E-state index contributed by atoms with van der Waals surface area (Å²) < 4.78 is 7.60. The Kier molecular flexibility index (Phi) is 7.66. The minimum Gasteiger partial charge on any atom is -0.376 e. The van der Waals surface area contributed by atoms with Gasteiger partial charge in [0.25, 0.3) is 0 Å². The van der Waals surface area contributed by atoms with Crippen LogP contribution in [0.1, 0.15) is 43.9 Å². The summed E-state index contributed by atoms with van der Waals surface area (Å²) in [6.45, 7) is 7.37. The molecule has 4 aromatic rings. The number of rotatable bonds is 6. The van der Waals surface area contributed by atoms with Crippen LogP contribution in [0.5, 0.6) is 0 Å². The van der Waals surface area contributed by atoms with Gasteiger partial charge in [-0.25, -0.2) is 4.68 Å². The summed E-state index contributed by atoms with van der Waals surface area (Å²) in [5, 5.41) is 10.5. The first kappa shape index (κ1) is 26.7. The van der Waals surface area contributed by atoms with Crippen LogP contribution < -0.4 is 4.90 Å². The van der Waals surface area contributed by atoms with E-state index in [1.54, 1.807) is 4.68 Å². The third-order valence-electron chi connectivity index (χ3n) is 7.73. The van der Waals surface area contributed by atoms with E-state index in [0.29, 0.717) is 17.7 Å². The van der Waals surface area contributed by atoms with Crippen molar-refractivity contribution in [1.29, 1.82) is 0 Å². The van der Waals surface area contributed by atoms with Crippen LogP contribution in [0.4, 0.5) is 5.82 Å². The van der Waals surface area contributed by atoms with Gasteiger partial charge < -0.3 is 9.64 Å². The highest BCUT2D eigenvalue weighted by atomic mass is 35.5. The molecule has 39 heavy (non-hydrogen) atoms. The smallest absolute Gasteiger partial charge is 0.226 e. The van der Waals surface area contributed by atoms with Crippen molar-refractivity contribution in [2.75, 3.05) is 24.6 Å². The Morgan fingerprint density at radius 3 is 2.18 bits per heavy atom. The van der Waals surface area contributed by atoms with E-state index in [9.17, 15) is 0 Å². The van der Waals surface area contributed by atoms with Gasteiger partial charge in [0.05, 0.1) is 18.7 Å². The van der Waals surface area contributed by atoms with E-state index in [-0.39, 0.29) is 29.5 Å². The van der Waals surface area contributed by atoms with Gasteiger partial charge in [-0.3, -0.25) is 4.90 Å². The fourth-order valence-corrected chi connectivity index (χ4v) is 6.21. The number of aromatic nitrogens is 5. The van der Waals surface area contributed by atoms with Crippen LogP contribution in [0.15, 0.2) is 48.5 Å². The second-order valence-corrected chi connectivity index (χ2v) is 11.7. The molecule has 0 bridgehead atoms. The quantitative estimate of drug-likeness (QED) is 0.255. The van der Waals surface area contributed by atoms with Crippen LogP contribution in [-0.4, -0.2) is 67.7 Å². The van der Waals surface area contributed by atoms with Crippen LogP contribution in [0.25, 0.3) is 11.2 Å². The predicted octanol–water partition coefficient (Wildman–Crippen LogP) is 6.05. The molecular formula is C28H30Cl3N7O. The first-order chi connectivity index (χ1) is 18.9. The molecule has 8 nitrogen and oxygen atoms in total. The number of fused-ring (bicyclic) bond motifs is 1. The maximum atomic E-state index is 6.46. The molecule has 3 atom stereocenters. The van der Waals surface area contributed by atoms with Gasteiger partial charge in [-0.1, -0.05) is 52.7 Å². The summed E-state index contributed by atoms with van der Waals surface area (Å²) in [5.74, 6) is 0.720.